The maximum atomic E-state index is 12.4. The summed E-state index contributed by atoms with van der Waals surface area (Å²) in [5.41, 5.74) is 6.14. The van der Waals surface area contributed by atoms with Crippen molar-refractivity contribution in [3.05, 3.63) is 54.6 Å². The zero-order valence-electron chi connectivity index (χ0n) is 13.1. The van der Waals surface area contributed by atoms with Crippen molar-refractivity contribution in [3.8, 4) is 5.75 Å². The maximum absolute atomic E-state index is 12.4. The molecule has 0 spiro atoms. The van der Waals surface area contributed by atoms with E-state index in [1.165, 1.54) is 48.5 Å². The van der Waals surface area contributed by atoms with Gasteiger partial charge in [0.05, 0.1) is 9.79 Å². The Morgan fingerprint density at radius 2 is 1.50 bits per heavy atom. The van der Waals surface area contributed by atoms with Crippen molar-refractivity contribution in [2.24, 2.45) is 0 Å². The highest BCUT2D eigenvalue weighted by atomic mass is 32.2. The van der Waals surface area contributed by atoms with E-state index in [0.29, 0.717) is 11.1 Å². The van der Waals surface area contributed by atoms with Gasteiger partial charge in [-0.05, 0) is 47.9 Å². The van der Waals surface area contributed by atoms with Crippen LogP contribution in [0.1, 0.15) is 0 Å². The predicted molar refractivity (Wildman–Crippen MR) is 97.1 cm³/mol. The molecule has 3 aromatic carbocycles. The lowest BCUT2D eigenvalue weighted by molar-refractivity contribution is 0.471. The first-order valence-electron chi connectivity index (χ1n) is 7.19. The van der Waals surface area contributed by atoms with Crippen molar-refractivity contribution in [2.75, 3.05) is 10.5 Å². The van der Waals surface area contributed by atoms with E-state index >= 15 is 0 Å². The number of benzene rings is 3. The van der Waals surface area contributed by atoms with E-state index < -0.39 is 30.8 Å². The smallest absolute Gasteiger partial charge is 0.294 e. The van der Waals surface area contributed by atoms with Gasteiger partial charge in [-0.25, -0.2) is 8.42 Å². The number of anilines is 2. The molecular formula is C16H14N2O6S2. The van der Waals surface area contributed by atoms with Crippen LogP contribution in [0, 0.1) is 0 Å². The van der Waals surface area contributed by atoms with Crippen LogP contribution in [0.4, 0.5) is 11.4 Å². The second-order valence-corrected chi connectivity index (χ2v) is 8.63. The minimum Gasteiger partial charge on any atom is -0.507 e. The lowest BCUT2D eigenvalue weighted by Gasteiger charge is -2.10. The average Bonchev–Trinajstić information content (AvgIpc) is 2.54. The largest absolute Gasteiger partial charge is 0.507 e. The fourth-order valence-corrected chi connectivity index (χ4v) is 3.97. The first kappa shape index (κ1) is 18.0. The van der Waals surface area contributed by atoms with Crippen molar-refractivity contribution in [2.45, 2.75) is 9.79 Å². The van der Waals surface area contributed by atoms with Crippen LogP contribution in [0.3, 0.4) is 0 Å². The molecular weight excluding hydrogens is 380 g/mol. The highest BCUT2D eigenvalue weighted by molar-refractivity contribution is 7.92. The van der Waals surface area contributed by atoms with Crippen LogP contribution in [0.25, 0.3) is 10.8 Å². The Morgan fingerprint density at radius 1 is 0.846 bits per heavy atom. The molecule has 0 bridgehead atoms. The molecule has 0 unspecified atom stereocenters. The summed E-state index contributed by atoms with van der Waals surface area (Å²) in [6.07, 6.45) is 0. The summed E-state index contributed by atoms with van der Waals surface area (Å²) in [6, 6.07) is 11.9. The van der Waals surface area contributed by atoms with E-state index in [1.807, 2.05) is 0 Å². The molecule has 5 N–H and O–H groups in total. The van der Waals surface area contributed by atoms with Gasteiger partial charge >= 0.3 is 0 Å². The Kier molecular flexibility index (Phi) is 4.26. The van der Waals surface area contributed by atoms with Crippen molar-refractivity contribution < 1.29 is 26.5 Å². The van der Waals surface area contributed by atoms with Crippen LogP contribution in [0.15, 0.2) is 64.4 Å². The molecule has 0 atom stereocenters. The Bertz CT molecular complexity index is 1200. The molecule has 0 heterocycles. The fourth-order valence-electron chi connectivity index (χ4n) is 2.38. The molecule has 8 nitrogen and oxygen atoms in total. The Morgan fingerprint density at radius 3 is 2.12 bits per heavy atom. The summed E-state index contributed by atoms with van der Waals surface area (Å²) in [4.78, 5) is -0.449. The van der Waals surface area contributed by atoms with Gasteiger partial charge in [-0.1, -0.05) is 6.07 Å². The van der Waals surface area contributed by atoms with Gasteiger partial charge < -0.3 is 10.8 Å². The number of hydrogen-bond acceptors (Lipinski definition) is 6. The maximum Gasteiger partial charge on any atom is 0.294 e. The molecule has 0 saturated heterocycles. The number of nitrogens with one attached hydrogen (secondary N) is 1. The first-order chi connectivity index (χ1) is 12.1. The summed E-state index contributed by atoms with van der Waals surface area (Å²) in [6.45, 7) is 0. The van der Waals surface area contributed by atoms with E-state index in [4.69, 9.17) is 10.3 Å². The SMILES string of the molecule is Nc1ccc(S(=O)(=O)Nc2ccc3cc(S(=O)(=O)O)cc(O)c3c2)cc1. The van der Waals surface area contributed by atoms with Crippen LogP contribution in [-0.4, -0.2) is 26.5 Å². The zero-order valence-corrected chi connectivity index (χ0v) is 14.8. The number of hydrogen-bond donors (Lipinski definition) is 4. The van der Waals surface area contributed by atoms with E-state index in [9.17, 15) is 21.9 Å². The highest BCUT2D eigenvalue weighted by Crippen LogP contribution is 2.31. The average molecular weight is 394 g/mol. The molecule has 10 heteroatoms. The second-order valence-electron chi connectivity index (χ2n) is 5.53. The molecule has 0 amide bonds. The summed E-state index contributed by atoms with van der Waals surface area (Å²) < 4.78 is 58.7. The molecule has 0 aliphatic heterocycles. The van der Waals surface area contributed by atoms with Gasteiger partial charge in [0.2, 0.25) is 0 Å². The fraction of sp³-hybridized carbons (Fsp3) is 0. The number of nitrogens with two attached hydrogens (primary N) is 1. The third-order valence-corrected chi connectivity index (χ3v) is 5.88. The normalized spacial score (nSPS) is 12.2. The predicted octanol–water partition coefficient (Wildman–Crippen LogP) is 2.18. The third kappa shape index (κ3) is 3.57. The molecule has 0 saturated carbocycles. The van der Waals surface area contributed by atoms with Crippen LogP contribution in [0.5, 0.6) is 5.75 Å². The van der Waals surface area contributed by atoms with Gasteiger partial charge in [0, 0.05) is 22.8 Å². The number of rotatable bonds is 4. The molecule has 136 valence electrons. The summed E-state index contributed by atoms with van der Waals surface area (Å²) in [5.74, 6) is -0.413. The quantitative estimate of drug-likeness (QED) is 0.392. The molecule has 3 rings (SSSR count). The molecule has 0 fully saturated rings. The minimum absolute atomic E-state index is 0.0118. The number of phenolic OH excluding ortho intramolecular Hbond substituents is 1. The van der Waals surface area contributed by atoms with Crippen molar-refractivity contribution in [3.63, 3.8) is 0 Å². The van der Waals surface area contributed by atoms with E-state index in [-0.39, 0.29) is 16.0 Å². The van der Waals surface area contributed by atoms with Gasteiger partial charge in [-0.15, -0.1) is 0 Å². The van der Waals surface area contributed by atoms with Gasteiger partial charge in [0.1, 0.15) is 5.75 Å². The Labute approximate surface area is 149 Å². The van der Waals surface area contributed by atoms with Crippen LogP contribution < -0.4 is 10.5 Å². The molecule has 0 aromatic heterocycles. The zero-order chi connectivity index (χ0) is 19.1. The summed E-state index contributed by atoms with van der Waals surface area (Å²) in [5, 5.41) is 10.5. The number of sulfonamides is 1. The molecule has 0 aliphatic carbocycles. The Balaban J connectivity index is 2.02. The number of aromatic hydroxyl groups is 1. The van der Waals surface area contributed by atoms with E-state index in [2.05, 4.69) is 4.72 Å². The van der Waals surface area contributed by atoms with Crippen molar-refractivity contribution in [1.82, 2.24) is 0 Å². The van der Waals surface area contributed by atoms with Crippen LogP contribution >= 0.6 is 0 Å². The first-order valence-corrected chi connectivity index (χ1v) is 10.1. The molecule has 0 aliphatic rings. The van der Waals surface area contributed by atoms with Gasteiger partial charge in [0.25, 0.3) is 20.1 Å². The third-order valence-electron chi connectivity index (χ3n) is 3.65. The van der Waals surface area contributed by atoms with Crippen molar-refractivity contribution in [1.29, 1.82) is 0 Å². The van der Waals surface area contributed by atoms with Gasteiger partial charge in [0.15, 0.2) is 0 Å². The molecule has 3 aromatic rings. The van der Waals surface area contributed by atoms with Crippen molar-refractivity contribution >= 4 is 42.3 Å². The summed E-state index contributed by atoms with van der Waals surface area (Å²) >= 11 is 0. The number of fused-ring (bicyclic) bond motifs is 1. The highest BCUT2D eigenvalue weighted by Gasteiger charge is 2.16. The van der Waals surface area contributed by atoms with Crippen LogP contribution in [-0.2, 0) is 20.1 Å². The van der Waals surface area contributed by atoms with E-state index in [1.54, 1.807) is 0 Å². The molecule has 0 radical (unpaired) electrons. The van der Waals surface area contributed by atoms with Gasteiger partial charge in [-0.2, -0.15) is 8.42 Å². The Hall–Kier alpha value is -2.82. The summed E-state index contributed by atoms with van der Waals surface area (Å²) in [7, 11) is -8.34. The standard InChI is InChI=1S/C16H14N2O6S2/c17-11-2-5-13(6-3-11)25(20,21)18-12-4-1-10-7-14(26(22,23)24)9-16(19)15(10)8-12/h1-9,18-19H,17H2,(H,22,23,24). The number of phenols is 1. The minimum atomic E-state index is -4.48. The van der Waals surface area contributed by atoms with Crippen LogP contribution in [0.2, 0.25) is 0 Å². The second kappa shape index (κ2) is 6.16. The van der Waals surface area contributed by atoms with Gasteiger partial charge in [-0.3, -0.25) is 9.27 Å². The number of nitrogen functional groups attached to an aromatic ring is 1. The topological polar surface area (TPSA) is 147 Å². The lowest BCUT2D eigenvalue weighted by Crippen LogP contribution is -2.12. The monoisotopic (exact) mass is 394 g/mol. The lowest BCUT2D eigenvalue weighted by atomic mass is 10.1. The molecule has 26 heavy (non-hydrogen) atoms. The van der Waals surface area contributed by atoms with E-state index in [0.717, 1.165) is 6.07 Å².